The van der Waals surface area contributed by atoms with Gasteiger partial charge in [0, 0.05) is 30.8 Å². The Morgan fingerprint density at radius 1 is 1.40 bits per heavy atom. The molecule has 2 aromatic rings. The molecule has 0 aliphatic rings. The minimum Gasteiger partial charge on any atom is -0.383 e. The maximum Gasteiger partial charge on any atom is 0.415 e. The number of pyridine rings is 1. The van der Waals surface area contributed by atoms with Gasteiger partial charge in [0.1, 0.15) is 0 Å². The predicted molar refractivity (Wildman–Crippen MR) is 67.0 cm³/mol. The zero-order valence-corrected chi connectivity index (χ0v) is 11.2. The van der Waals surface area contributed by atoms with E-state index in [9.17, 15) is 13.2 Å². The molecule has 1 unspecified atom stereocenters. The lowest BCUT2D eigenvalue weighted by molar-refractivity contribution is -0.195. The zero-order chi connectivity index (χ0) is 14.8. The second-order valence-electron chi connectivity index (χ2n) is 3.98. The molecule has 0 aromatic carbocycles. The van der Waals surface area contributed by atoms with Crippen LogP contribution >= 0.6 is 11.8 Å². The van der Waals surface area contributed by atoms with Crippen LogP contribution in [0.4, 0.5) is 13.2 Å². The van der Waals surface area contributed by atoms with Crippen LogP contribution in [0.15, 0.2) is 29.7 Å². The Bertz CT molecular complexity index is 573. The lowest BCUT2D eigenvalue weighted by Gasteiger charge is -2.13. The van der Waals surface area contributed by atoms with Crippen molar-refractivity contribution in [2.75, 3.05) is 5.75 Å². The first-order valence-corrected chi connectivity index (χ1v) is 6.55. The molecule has 0 saturated heterocycles. The van der Waals surface area contributed by atoms with E-state index in [2.05, 4.69) is 15.2 Å². The molecule has 2 heterocycles. The fourth-order valence-electron chi connectivity index (χ4n) is 1.43. The molecular weight excluding hydrogens is 293 g/mol. The molecule has 0 fully saturated rings. The monoisotopic (exact) mass is 304 g/mol. The van der Waals surface area contributed by atoms with Crippen molar-refractivity contribution in [1.29, 1.82) is 0 Å². The quantitative estimate of drug-likeness (QED) is 0.874. The fourth-order valence-corrected chi connectivity index (χ4v) is 2.31. The summed E-state index contributed by atoms with van der Waals surface area (Å²) in [4.78, 5) is 3.94. The van der Waals surface area contributed by atoms with Gasteiger partial charge in [0.25, 0.3) is 0 Å². The summed E-state index contributed by atoms with van der Waals surface area (Å²) < 4.78 is 38.2. The van der Waals surface area contributed by atoms with Crippen LogP contribution in [0.2, 0.25) is 0 Å². The first-order chi connectivity index (χ1) is 9.39. The maximum absolute atomic E-state index is 12.2. The van der Waals surface area contributed by atoms with Crippen LogP contribution in [-0.2, 0) is 7.05 Å². The van der Waals surface area contributed by atoms with Crippen LogP contribution in [0, 0.1) is 0 Å². The molecule has 0 saturated carbocycles. The molecule has 0 radical (unpaired) electrons. The van der Waals surface area contributed by atoms with Crippen LogP contribution in [0.3, 0.4) is 0 Å². The van der Waals surface area contributed by atoms with Gasteiger partial charge in [-0.2, -0.15) is 13.2 Å². The third-order valence-corrected chi connectivity index (χ3v) is 3.60. The fraction of sp³-hybridized carbons (Fsp3) is 0.364. The van der Waals surface area contributed by atoms with E-state index in [1.807, 2.05) is 0 Å². The van der Waals surface area contributed by atoms with E-state index in [1.54, 1.807) is 36.1 Å². The summed E-state index contributed by atoms with van der Waals surface area (Å²) >= 11 is 0.796. The minimum atomic E-state index is -4.63. The Balaban J connectivity index is 2.10. The number of aliphatic hydroxyl groups is 1. The average molecular weight is 304 g/mol. The van der Waals surface area contributed by atoms with Gasteiger partial charge in [-0.25, -0.2) is 0 Å². The van der Waals surface area contributed by atoms with E-state index in [0.29, 0.717) is 16.5 Å². The van der Waals surface area contributed by atoms with E-state index in [1.165, 1.54) is 0 Å². The molecule has 20 heavy (non-hydrogen) atoms. The van der Waals surface area contributed by atoms with Crippen LogP contribution in [-0.4, -0.2) is 42.9 Å². The molecule has 1 atom stereocenters. The summed E-state index contributed by atoms with van der Waals surface area (Å²) in [6.07, 6.45) is -3.82. The van der Waals surface area contributed by atoms with Gasteiger partial charge in [0.2, 0.25) is 0 Å². The SMILES string of the molecule is Cn1c(SCC(O)C(F)(F)F)nnc1-c1cccnc1. The summed E-state index contributed by atoms with van der Waals surface area (Å²) in [6.45, 7) is 0. The van der Waals surface area contributed by atoms with E-state index < -0.39 is 18.0 Å². The van der Waals surface area contributed by atoms with Crippen molar-refractivity contribution >= 4 is 11.8 Å². The Kier molecular flexibility index (Phi) is 4.29. The molecule has 1 N–H and O–H groups in total. The van der Waals surface area contributed by atoms with E-state index >= 15 is 0 Å². The van der Waals surface area contributed by atoms with Crippen molar-refractivity contribution in [2.45, 2.75) is 17.4 Å². The van der Waals surface area contributed by atoms with Crippen molar-refractivity contribution in [3.8, 4) is 11.4 Å². The van der Waals surface area contributed by atoms with E-state index in [0.717, 1.165) is 11.8 Å². The van der Waals surface area contributed by atoms with Crippen molar-refractivity contribution in [2.24, 2.45) is 7.05 Å². The van der Waals surface area contributed by atoms with Gasteiger partial charge in [-0.3, -0.25) is 4.98 Å². The van der Waals surface area contributed by atoms with Crippen molar-refractivity contribution in [3.63, 3.8) is 0 Å². The first-order valence-electron chi connectivity index (χ1n) is 5.57. The second kappa shape index (κ2) is 5.80. The molecular formula is C11H11F3N4OS. The molecule has 0 aliphatic carbocycles. The number of rotatable bonds is 4. The number of aromatic nitrogens is 4. The van der Waals surface area contributed by atoms with Gasteiger partial charge < -0.3 is 9.67 Å². The van der Waals surface area contributed by atoms with E-state index in [4.69, 9.17) is 5.11 Å². The first kappa shape index (κ1) is 14.8. The van der Waals surface area contributed by atoms with Crippen molar-refractivity contribution in [3.05, 3.63) is 24.5 Å². The summed E-state index contributed by atoms with van der Waals surface area (Å²) in [5.74, 6) is -0.0233. The highest BCUT2D eigenvalue weighted by Crippen LogP contribution is 2.27. The summed E-state index contributed by atoms with van der Waals surface area (Å²) in [7, 11) is 1.64. The normalized spacial score (nSPS) is 13.4. The molecule has 0 amide bonds. The largest absolute Gasteiger partial charge is 0.415 e. The summed E-state index contributed by atoms with van der Waals surface area (Å²) in [6, 6.07) is 3.50. The highest BCUT2D eigenvalue weighted by molar-refractivity contribution is 7.99. The molecule has 108 valence electrons. The summed E-state index contributed by atoms with van der Waals surface area (Å²) in [5, 5.41) is 17.0. The third-order valence-electron chi connectivity index (χ3n) is 2.50. The van der Waals surface area contributed by atoms with Gasteiger partial charge in [-0.05, 0) is 12.1 Å². The number of nitrogens with zero attached hydrogens (tertiary/aromatic N) is 4. The van der Waals surface area contributed by atoms with Crippen molar-refractivity contribution < 1.29 is 18.3 Å². The number of alkyl halides is 3. The van der Waals surface area contributed by atoms with Gasteiger partial charge in [0.15, 0.2) is 17.1 Å². The highest BCUT2D eigenvalue weighted by atomic mass is 32.2. The van der Waals surface area contributed by atoms with Crippen LogP contribution in [0.5, 0.6) is 0 Å². The van der Waals surface area contributed by atoms with Crippen LogP contribution in [0.25, 0.3) is 11.4 Å². The van der Waals surface area contributed by atoms with Gasteiger partial charge in [0.05, 0.1) is 0 Å². The number of hydrogen-bond acceptors (Lipinski definition) is 5. The maximum atomic E-state index is 12.2. The lowest BCUT2D eigenvalue weighted by Crippen LogP contribution is -2.30. The summed E-state index contributed by atoms with van der Waals surface area (Å²) in [5.41, 5.74) is 0.714. The van der Waals surface area contributed by atoms with Gasteiger partial charge in [-0.15, -0.1) is 10.2 Å². The predicted octanol–water partition coefficient (Wildman–Crippen LogP) is 1.89. The minimum absolute atomic E-state index is 0.298. The Hall–Kier alpha value is -1.61. The third kappa shape index (κ3) is 3.28. The topological polar surface area (TPSA) is 63.8 Å². The lowest BCUT2D eigenvalue weighted by atomic mass is 10.3. The molecule has 2 aromatic heterocycles. The van der Waals surface area contributed by atoms with Gasteiger partial charge in [-0.1, -0.05) is 11.8 Å². The van der Waals surface area contributed by atoms with E-state index in [-0.39, 0.29) is 0 Å². The molecule has 5 nitrogen and oxygen atoms in total. The Morgan fingerprint density at radius 3 is 2.75 bits per heavy atom. The number of thioether (sulfide) groups is 1. The average Bonchev–Trinajstić information content (AvgIpc) is 2.77. The molecule has 2 rings (SSSR count). The molecule has 0 aliphatic heterocycles. The number of halogens is 3. The van der Waals surface area contributed by atoms with Crippen LogP contribution < -0.4 is 0 Å². The standard InChI is InChI=1S/C11H11F3N4OS/c1-18-9(7-3-2-4-15-5-7)16-17-10(18)20-6-8(19)11(12,13)14/h2-5,8,19H,6H2,1H3. The zero-order valence-electron chi connectivity index (χ0n) is 10.4. The number of hydrogen-bond donors (Lipinski definition) is 1. The Morgan fingerprint density at radius 2 is 2.15 bits per heavy atom. The second-order valence-corrected chi connectivity index (χ2v) is 4.96. The smallest absolute Gasteiger partial charge is 0.383 e. The van der Waals surface area contributed by atoms with Crippen LogP contribution in [0.1, 0.15) is 0 Å². The highest BCUT2D eigenvalue weighted by Gasteiger charge is 2.38. The molecule has 9 heteroatoms. The number of aliphatic hydroxyl groups excluding tert-OH is 1. The Labute approximate surface area is 116 Å². The molecule has 0 spiro atoms. The van der Waals surface area contributed by atoms with Gasteiger partial charge >= 0.3 is 6.18 Å². The van der Waals surface area contributed by atoms with Crippen molar-refractivity contribution in [1.82, 2.24) is 19.7 Å². The molecule has 0 bridgehead atoms.